The smallest absolute Gasteiger partial charge is 0.423 e. The summed E-state index contributed by atoms with van der Waals surface area (Å²) in [6, 6.07) is 55.0. The minimum Gasteiger partial charge on any atom is -0.423 e. The number of rotatable bonds is 15. The van der Waals surface area contributed by atoms with E-state index in [1.165, 1.54) is 70.8 Å². The van der Waals surface area contributed by atoms with E-state index in [1.54, 1.807) is 0 Å². The Bertz CT molecular complexity index is 3060. The van der Waals surface area contributed by atoms with E-state index in [0.29, 0.717) is 52.5 Å². The zero-order valence-corrected chi connectivity index (χ0v) is 39.9. The summed E-state index contributed by atoms with van der Waals surface area (Å²) in [6.07, 6.45) is 4.63. The molecule has 7 rings (SSSR count). The molecule has 7 aromatic rings. The second kappa shape index (κ2) is 25.5. The third-order valence-corrected chi connectivity index (χ3v) is 12.6. The molecule has 20 heteroatoms. The molecule has 0 atom stereocenters. The monoisotopic (exact) mass is 1040 g/mol. The van der Waals surface area contributed by atoms with Gasteiger partial charge in [0.05, 0.1) is 34.9 Å². The summed E-state index contributed by atoms with van der Waals surface area (Å²) in [4.78, 5) is 0. The van der Waals surface area contributed by atoms with Crippen LogP contribution in [0, 0.1) is 34.0 Å². The maximum Gasteiger partial charge on any atom is 0.534 e. The minimum atomic E-state index is -5.75. The standard InChI is InChI=1S/C29H22N2.C17H14F6O6S2.C7H6BNO2/c30-20-24-8-16-28(17-9-24)26-12-4-22(5-13-26)2-1-3-23-6-14-27(15-7-23)29-18-10-25(21-31)11-19-29;18-16(19,20)30(24,25)28-14-8-4-12(5-9-14)2-1-3-13-6-10-15(11-7-13)29-31(26,27)17(21,22)23;9-5-6-1-3-7(4-2-6)8(10)11/h4-19H,1-3H2;4-11H,1-3H2;1-4,10-11H. The quantitative estimate of drug-likeness (QED) is 0.0429. The molecular weight excluding hydrogens is 996 g/mol. The minimum absolute atomic E-state index is 0.393. The average Bonchev–Trinajstić information content (AvgIpc) is 3.37. The summed E-state index contributed by atoms with van der Waals surface area (Å²) >= 11 is 0. The van der Waals surface area contributed by atoms with Gasteiger partial charge in [-0.05, 0) is 149 Å². The molecule has 73 heavy (non-hydrogen) atoms. The van der Waals surface area contributed by atoms with Crippen LogP contribution in [-0.4, -0.2) is 45.0 Å². The van der Waals surface area contributed by atoms with Gasteiger partial charge in [0.25, 0.3) is 0 Å². The largest absolute Gasteiger partial charge is 0.534 e. The van der Waals surface area contributed by atoms with Gasteiger partial charge in [0.2, 0.25) is 0 Å². The summed E-state index contributed by atoms with van der Waals surface area (Å²) < 4.78 is 125. The molecule has 0 aliphatic rings. The first-order valence-electron chi connectivity index (χ1n) is 21.8. The third-order valence-electron chi connectivity index (χ3n) is 10.6. The summed E-state index contributed by atoms with van der Waals surface area (Å²) in [6.45, 7) is 0. The SMILES string of the molecule is N#Cc1ccc(-c2ccc(CCCc3ccc(-c4ccc(C#N)cc4)cc3)cc2)cc1.N#Cc1ccc(B(O)O)cc1.O=S(=O)(Oc1ccc(CCCc2ccc(OS(=O)(=O)C(F)(F)F)cc2)cc1)C(F)(F)F. The van der Waals surface area contributed by atoms with Crippen molar-refractivity contribution in [2.24, 2.45) is 0 Å². The predicted molar refractivity (Wildman–Crippen MR) is 262 cm³/mol. The van der Waals surface area contributed by atoms with Crippen LogP contribution in [0.2, 0.25) is 0 Å². The van der Waals surface area contributed by atoms with Gasteiger partial charge >= 0.3 is 38.4 Å². The summed E-state index contributed by atoms with van der Waals surface area (Å²) in [5.41, 5.74) is -0.168. The molecule has 374 valence electrons. The van der Waals surface area contributed by atoms with Crippen LogP contribution >= 0.6 is 0 Å². The highest BCUT2D eigenvalue weighted by molar-refractivity contribution is 7.88. The number of halogens is 6. The van der Waals surface area contributed by atoms with Crippen molar-refractivity contribution in [3.05, 3.63) is 209 Å². The molecule has 0 aliphatic heterocycles. The van der Waals surface area contributed by atoms with E-state index in [4.69, 9.17) is 25.8 Å². The van der Waals surface area contributed by atoms with Gasteiger partial charge < -0.3 is 18.4 Å². The van der Waals surface area contributed by atoms with Crippen molar-refractivity contribution in [2.45, 2.75) is 49.5 Å². The molecule has 0 amide bonds. The molecule has 0 saturated heterocycles. The molecule has 0 bridgehead atoms. The normalized spacial score (nSPS) is 11.2. The van der Waals surface area contributed by atoms with Crippen LogP contribution < -0.4 is 13.8 Å². The lowest BCUT2D eigenvalue weighted by Crippen LogP contribution is -2.29. The van der Waals surface area contributed by atoms with E-state index < -0.39 is 49.9 Å². The number of nitrogens with zero attached hydrogens (tertiary/aromatic N) is 3. The average molecular weight is 1040 g/mol. The second-order valence-electron chi connectivity index (χ2n) is 15.8. The van der Waals surface area contributed by atoms with Gasteiger partial charge in [0.15, 0.2) is 0 Å². The van der Waals surface area contributed by atoms with Crippen LogP contribution in [0.4, 0.5) is 26.3 Å². The van der Waals surface area contributed by atoms with E-state index in [-0.39, 0.29) is 0 Å². The molecule has 7 aromatic carbocycles. The van der Waals surface area contributed by atoms with E-state index in [9.17, 15) is 43.2 Å². The van der Waals surface area contributed by atoms with Crippen LogP contribution in [-0.2, 0) is 45.9 Å². The van der Waals surface area contributed by atoms with Crippen molar-refractivity contribution < 1.29 is 61.6 Å². The summed E-state index contributed by atoms with van der Waals surface area (Å²) in [7, 11) is -13.0. The fourth-order valence-corrected chi connectivity index (χ4v) is 7.61. The third kappa shape index (κ3) is 17.1. The number of benzene rings is 7. The molecule has 0 aromatic heterocycles. The molecule has 0 saturated carbocycles. The van der Waals surface area contributed by atoms with Crippen molar-refractivity contribution in [2.75, 3.05) is 0 Å². The van der Waals surface area contributed by atoms with Crippen molar-refractivity contribution >= 4 is 32.8 Å². The number of hydrogen-bond acceptors (Lipinski definition) is 11. The van der Waals surface area contributed by atoms with E-state index in [1.807, 2.05) is 54.6 Å². The van der Waals surface area contributed by atoms with Crippen molar-refractivity contribution in [1.29, 1.82) is 15.8 Å². The Hall–Kier alpha value is -7.93. The first-order chi connectivity index (χ1) is 34.6. The fourth-order valence-electron chi connectivity index (χ4n) is 6.70. The topological polar surface area (TPSA) is 199 Å². The van der Waals surface area contributed by atoms with Gasteiger partial charge in [-0.15, -0.1) is 0 Å². The maximum atomic E-state index is 12.3. The van der Waals surface area contributed by atoms with Crippen molar-refractivity contribution in [3.8, 4) is 52.0 Å². The van der Waals surface area contributed by atoms with Crippen molar-refractivity contribution in [1.82, 2.24) is 0 Å². The van der Waals surface area contributed by atoms with Gasteiger partial charge in [-0.2, -0.15) is 59.0 Å². The van der Waals surface area contributed by atoms with Crippen molar-refractivity contribution in [3.63, 3.8) is 0 Å². The molecule has 0 spiro atoms. The lowest BCUT2D eigenvalue weighted by Gasteiger charge is -2.10. The maximum absolute atomic E-state index is 12.3. The molecule has 0 radical (unpaired) electrons. The van der Waals surface area contributed by atoms with E-state index >= 15 is 0 Å². The highest BCUT2D eigenvalue weighted by Gasteiger charge is 2.49. The lowest BCUT2D eigenvalue weighted by atomic mass is 9.80. The molecular formula is C53H42BF6N3O8S2. The first-order valence-corrected chi connectivity index (χ1v) is 24.7. The van der Waals surface area contributed by atoms with Crippen LogP contribution in [0.1, 0.15) is 51.8 Å². The van der Waals surface area contributed by atoms with E-state index in [2.05, 4.69) is 69.0 Å². The molecule has 0 heterocycles. The Morgan fingerprint density at radius 2 is 0.630 bits per heavy atom. The Morgan fingerprint density at radius 3 is 0.863 bits per heavy atom. The summed E-state index contributed by atoms with van der Waals surface area (Å²) in [5.74, 6) is -0.990. The van der Waals surface area contributed by atoms with Crippen LogP contribution in [0.25, 0.3) is 22.3 Å². The molecule has 11 nitrogen and oxygen atoms in total. The van der Waals surface area contributed by atoms with Crippen LogP contribution in [0.5, 0.6) is 11.5 Å². The first kappa shape index (κ1) is 56.0. The molecule has 0 fully saturated rings. The van der Waals surface area contributed by atoms with Gasteiger partial charge in [-0.3, -0.25) is 0 Å². The molecule has 2 N–H and O–H groups in total. The zero-order chi connectivity index (χ0) is 53.2. The summed E-state index contributed by atoms with van der Waals surface area (Å²) in [5, 5.41) is 43.6. The van der Waals surface area contributed by atoms with E-state index in [0.717, 1.165) is 54.7 Å². The molecule has 0 aliphatic carbocycles. The number of alkyl halides is 6. The lowest BCUT2D eigenvalue weighted by molar-refractivity contribution is -0.0504. The van der Waals surface area contributed by atoms with Gasteiger partial charge in [0, 0.05) is 0 Å². The van der Waals surface area contributed by atoms with Gasteiger partial charge in [0.1, 0.15) is 11.5 Å². The zero-order valence-electron chi connectivity index (χ0n) is 38.3. The highest BCUT2D eigenvalue weighted by Crippen LogP contribution is 2.29. The van der Waals surface area contributed by atoms with Gasteiger partial charge in [-0.1, -0.05) is 109 Å². The van der Waals surface area contributed by atoms with Crippen LogP contribution in [0.3, 0.4) is 0 Å². The number of aryl methyl sites for hydroxylation is 4. The fraction of sp³-hybridized carbons (Fsp3) is 0.151. The Kier molecular flexibility index (Phi) is 19.5. The highest BCUT2D eigenvalue weighted by atomic mass is 32.2. The molecule has 0 unspecified atom stereocenters. The Morgan fingerprint density at radius 1 is 0.397 bits per heavy atom. The van der Waals surface area contributed by atoms with Crippen LogP contribution in [0.15, 0.2) is 170 Å². The predicted octanol–water partition coefficient (Wildman–Crippen LogP) is 10.5. The van der Waals surface area contributed by atoms with Gasteiger partial charge in [-0.25, -0.2) is 0 Å². The number of nitriles is 3. The number of hydrogen-bond donors (Lipinski definition) is 2. The second-order valence-corrected chi connectivity index (χ2v) is 18.9. The Labute approximate surface area is 418 Å². The Balaban J connectivity index is 0.000000224.